The molecule has 3 heterocycles. The molecule has 0 saturated heterocycles. The van der Waals surface area contributed by atoms with Crippen LogP contribution in [0.1, 0.15) is 4.88 Å². The lowest BCUT2D eigenvalue weighted by atomic mass is 10.1. The zero-order chi connectivity index (χ0) is 11.1. The van der Waals surface area contributed by atoms with Crippen molar-refractivity contribution in [3.63, 3.8) is 0 Å². The van der Waals surface area contributed by atoms with Crippen molar-refractivity contribution in [2.45, 2.75) is 6.92 Å². The molecule has 3 rings (SSSR count). The number of nitrogens with one attached hydrogen (secondary N) is 1. The van der Waals surface area contributed by atoms with Gasteiger partial charge in [0.25, 0.3) is 0 Å². The predicted octanol–water partition coefficient (Wildman–Crippen LogP) is 4.39. The summed E-state index contributed by atoms with van der Waals surface area (Å²) in [5.74, 6) is 0. The van der Waals surface area contributed by atoms with Gasteiger partial charge in [0.1, 0.15) is 9.47 Å². The molecular formula is C11H8N2S3. The fraction of sp³-hybridized carbons (Fsp3) is 0.0909. The molecule has 3 aromatic rings. The minimum atomic E-state index is 0.776. The molecule has 0 spiro atoms. The zero-order valence-corrected chi connectivity index (χ0v) is 10.9. The highest BCUT2D eigenvalue weighted by Gasteiger charge is 2.13. The number of aromatic nitrogens is 2. The maximum atomic E-state index is 5.34. The van der Waals surface area contributed by atoms with Gasteiger partial charge < -0.3 is 4.98 Å². The van der Waals surface area contributed by atoms with Crippen molar-refractivity contribution in [1.29, 1.82) is 0 Å². The minimum Gasteiger partial charge on any atom is -0.337 e. The van der Waals surface area contributed by atoms with Crippen LogP contribution in [0.3, 0.4) is 0 Å². The van der Waals surface area contributed by atoms with Gasteiger partial charge in [0.2, 0.25) is 0 Å². The standard InChI is InChI=1S/C11H8N2S3/c1-6-8(7-3-2-4-15-7)9-10(14)12-5-13-11(9)16-6/h2-5H,1H3,(H,12,13,14). The minimum absolute atomic E-state index is 0.776. The van der Waals surface area contributed by atoms with E-state index in [2.05, 4.69) is 34.4 Å². The second kappa shape index (κ2) is 3.76. The average molecular weight is 264 g/mol. The smallest absolute Gasteiger partial charge is 0.128 e. The highest BCUT2D eigenvalue weighted by molar-refractivity contribution is 7.71. The van der Waals surface area contributed by atoms with Gasteiger partial charge in [-0.3, -0.25) is 0 Å². The predicted molar refractivity (Wildman–Crippen MR) is 72.9 cm³/mol. The maximum absolute atomic E-state index is 5.34. The Kier molecular flexibility index (Phi) is 2.38. The van der Waals surface area contributed by atoms with Crippen LogP contribution in [0, 0.1) is 11.6 Å². The van der Waals surface area contributed by atoms with Crippen molar-refractivity contribution in [2.75, 3.05) is 0 Å². The van der Waals surface area contributed by atoms with Crippen molar-refractivity contribution in [3.05, 3.63) is 33.4 Å². The van der Waals surface area contributed by atoms with E-state index in [9.17, 15) is 0 Å². The van der Waals surface area contributed by atoms with Crippen molar-refractivity contribution in [1.82, 2.24) is 9.97 Å². The van der Waals surface area contributed by atoms with Gasteiger partial charge in [0.15, 0.2) is 0 Å². The summed E-state index contributed by atoms with van der Waals surface area (Å²) in [7, 11) is 0. The fourth-order valence-corrected chi connectivity index (χ4v) is 4.00. The van der Waals surface area contributed by atoms with E-state index in [1.807, 2.05) is 0 Å². The van der Waals surface area contributed by atoms with Gasteiger partial charge in [-0.2, -0.15) is 0 Å². The maximum Gasteiger partial charge on any atom is 0.128 e. The highest BCUT2D eigenvalue weighted by Crippen LogP contribution is 2.39. The van der Waals surface area contributed by atoms with Crippen molar-refractivity contribution >= 4 is 45.1 Å². The van der Waals surface area contributed by atoms with Gasteiger partial charge in [-0.1, -0.05) is 18.3 Å². The van der Waals surface area contributed by atoms with Crippen molar-refractivity contribution in [2.24, 2.45) is 0 Å². The number of fused-ring (bicyclic) bond motifs is 1. The molecule has 80 valence electrons. The summed E-state index contributed by atoms with van der Waals surface area (Å²) in [5, 5.41) is 3.17. The quantitative estimate of drug-likeness (QED) is 0.660. The van der Waals surface area contributed by atoms with Gasteiger partial charge in [-0.25, -0.2) is 4.98 Å². The van der Waals surface area contributed by atoms with Crippen LogP contribution in [-0.2, 0) is 0 Å². The Bertz CT molecular complexity index is 692. The van der Waals surface area contributed by atoms with E-state index in [0.717, 1.165) is 14.9 Å². The summed E-state index contributed by atoms with van der Waals surface area (Å²) < 4.78 is 0.776. The molecule has 0 radical (unpaired) electrons. The summed E-state index contributed by atoms with van der Waals surface area (Å²) in [6.45, 7) is 2.12. The van der Waals surface area contributed by atoms with Gasteiger partial charge in [-0.05, 0) is 18.4 Å². The molecule has 0 atom stereocenters. The van der Waals surface area contributed by atoms with E-state index in [-0.39, 0.29) is 0 Å². The van der Waals surface area contributed by atoms with E-state index >= 15 is 0 Å². The number of aryl methyl sites for hydroxylation is 1. The van der Waals surface area contributed by atoms with Crippen LogP contribution >= 0.6 is 34.9 Å². The topological polar surface area (TPSA) is 28.7 Å². The number of hydrogen-bond donors (Lipinski definition) is 1. The summed E-state index contributed by atoms with van der Waals surface area (Å²) in [4.78, 5) is 10.9. The number of thiophene rings is 2. The van der Waals surface area contributed by atoms with E-state index in [1.165, 1.54) is 15.3 Å². The van der Waals surface area contributed by atoms with Crippen LogP contribution in [0.2, 0.25) is 0 Å². The second-order valence-electron chi connectivity index (χ2n) is 3.42. The summed E-state index contributed by atoms with van der Waals surface area (Å²) in [5.41, 5.74) is 1.24. The Morgan fingerprint density at radius 2 is 2.31 bits per heavy atom. The Labute approximate surface area is 106 Å². The average Bonchev–Trinajstić information content (AvgIpc) is 2.84. The molecule has 1 N–H and O–H groups in total. The monoisotopic (exact) mass is 264 g/mol. The van der Waals surface area contributed by atoms with Gasteiger partial charge >= 0.3 is 0 Å². The number of rotatable bonds is 1. The lowest BCUT2D eigenvalue weighted by Gasteiger charge is -1.96. The second-order valence-corrected chi connectivity index (χ2v) is 5.98. The van der Waals surface area contributed by atoms with E-state index in [1.54, 1.807) is 29.0 Å². The molecule has 5 heteroatoms. The van der Waals surface area contributed by atoms with E-state index in [0.29, 0.717) is 0 Å². The third-order valence-corrected chi connectivity index (χ3v) is 4.66. The summed E-state index contributed by atoms with van der Waals surface area (Å²) in [6, 6.07) is 4.19. The molecule has 0 aliphatic carbocycles. The van der Waals surface area contributed by atoms with Gasteiger partial charge in [0.05, 0.1) is 11.7 Å². The van der Waals surface area contributed by atoms with Crippen LogP contribution in [0.4, 0.5) is 0 Å². The van der Waals surface area contributed by atoms with Crippen LogP contribution in [0.25, 0.3) is 20.7 Å². The molecule has 0 amide bonds. The van der Waals surface area contributed by atoms with Crippen molar-refractivity contribution < 1.29 is 0 Å². The molecule has 0 aliphatic heterocycles. The lowest BCUT2D eigenvalue weighted by molar-refractivity contribution is 1.22. The molecule has 0 saturated carbocycles. The number of hydrogen-bond acceptors (Lipinski definition) is 4. The highest BCUT2D eigenvalue weighted by atomic mass is 32.1. The van der Waals surface area contributed by atoms with E-state index < -0.39 is 0 Å². The molecule has 0 fully saturated rings. The molecular weight excluding hydrogens is 256 g/mol. The molecule has 0 bridgehead atoms. The first-order chi connectivity index (χ1) is 7.77. The number of aromatic amines is 1. The number of nitrogens with zero attached hydrogens (tertiary/aromatic N) is 1. The van der Waals surface area contributed by atoms with Crippen LogP contribution in [-0.4, -0.2) is 9.97 Å². The van der Waals surface area contributed by atoms with Crippen LogP contribution in [0.15, 0.2) is 23.8 Å². The third-order valence-electron chi connectivity index (χ3n) is 2.44. The molecule has 0 unspecified atom stereocenters. The Morgan fingerprint density at radius 1 is 1.44 bits per heavy atom. The molecule has 3 aromatic heterocycles. The zero-order valence-electron chi connectivity index (χ0n) is 8.48. The molecule has 2 nitrogen and oxygen atoms in total. The van der Waals surface area contributed by atoms with Crippen LogP contribution < -0.4 is 0 Å². The number of H-pyrrole nitrogens is 1. The van der Waals surface area contributed by atoms with Gasteiger partial charge in [-0.15, -0.1) is 22.7 Å². The first kappa shape index (κ1) is 10.1. The Hall–Kier alpha value is -1.04. The summed E-state index contributed by atoms with van der Waals surface area (Å²) >= 11 is 8.78. The molecule has 0 aromatic carbocycles. The van der Waals surface area contributed by atoms with E-state index in [4.69, 9.17) is 12.2 Å². The largest absolute Gasteiger partial charge is 0.337 e. The van der Waals surface area contributed by atoms with Crippen molar-refractivity contribution in [3.8, 4) is 10.4 Å². The Morgan fingerprint density at radius 3 is 3.06 bits per heavy atom. The fourth-order valence-electron chi connectivity index (χ4n) is 1.77. The first-order valence-corrected chi connectivity index (χ1v) is 6.88. The van der Waals surface area contributed by atoms with Gasteiger partial charge in [0, 0.05) is 15.3 Å². The van der Waals surface area contributed by atoms with Crippen LogP contribution in [0.5, 0.6) is 0 Å². The summed E-state index contributed by atoms with van der Waals surface area (Å²) in [6.07, 6.45) is 1.67. The molecule has 0 aliphatic rings. The first-order valence-electron chi connectivity index (χ1n) is 4.78. The Balaban J connectivity index is 2.49. The SMILES string of the molecule is Cc1sc2nc[nH]c(=S)c2c1-c1cccs1. The molecule has 16 heavy (non-hydrogen) atoms. The third kappa shape index (κ3) is 1.43. The lowest BCUT2D eigenvalue weighted by Crippen LogP contribution is -1.80. The normalized spacial score (nSPS) is 11.1.